The SMILES string of the molecule is CCC(C(=O)O)c1ccsc1S. The van der Waals surface area contributed by atoms with Crippen molar-refractivity contribution in [3.05, 3.63) is 17.0 Å². The molecule has 1 N–H and O–H groups in total. The van der Waals surface area contributed by atoms with Gasteiger partial charge in [0.05, 0.1) is 10.1 Å². The van der Waals surface area contributed by atoms with E-state index in [1.807, 2.05) is 18.4 Å². The maximum absolute atomic E-state index is 10.8. The van der Waals surface area contributed by atoms with Crippen LogP contribution in [0.15, 0.2) is 15.7 Å². The highest BCUT2D eigenvalue weighted by molar-refractivity contribution is 7.82. The lowest BCUT2D eigenvalue weighted by molar-refractivity contribution is -0.138. The van der Waals surface area contributed by atoms with Crippen LogP contribution in [-0.2, 0) is 4.79 Å². The highest BCUT2D eigenvalue weighted by atomic mass is 32.2. The number of aliphatic carboxylic acids is 1. The monoisotopic (exact) mass is 202 g/mol. The first kappa shape index (κ1) is 9.61. The van der Waals surface area contributed by atoms with E-state index < -0.39 is 11.9 Å². The molecule has 0 bridgehead atoms. The Kier molecular flexibility index (Phi) is 3.17. The molecule has 0 fully saturated rings. The van der Waals surface area contributed by atoms with Gasteiger partial charge in [-0.2, -0.15) is 0 Å². The highest BCUT2D eigenvalue weighted by Gasteiger charge is 2.19. The van der Waals surface area contributed by atoms with Crippen LogP contribution >= 0.6 is 24.0 Å². The third-order valence-corrected chi connectivity index (χ3v) is 3.06. The molecule has 0 saturated heterocycles. The van der Waals surface area contributed by atoms with Crippen LogP contribution in [-0.4, -0.2) is 11.1 Å². The molecule has 1 rings (SSSR count). The summed E-state index contributed by atoms with van der Waals surface area (Å²) in [6, 6.07) is 1.83. The molecule has 0 spiro atoms. The predicted molar refractivity (Wildman–Crippen MR) is 52.2 cm³/mol. The first-order valence-electron chi connectivity index (χ1n) is 3.66. The van der Waals surface area contributed by atoms with Crippen molar-refractivity contribution in [1.82, 2.24) is 0 Å². The third-order valence-electron chi connectivity index (χ3n) is 1.76. The zero-order valence-electron chi connectivity index (χ0n) is 6.65. The number of hydrogen-bond acceptors (Lipinski definition) is 3. The number of thiol groups is 1. The lowest BCUT2D eigenvalue weighted by Gasteiger charge is -2.07. The lowest BCUT2D eigenvalue weighted by Crippen LogP contribution is -2.09. The lowest BCUT2D eigenvalue weighted by atomic mass is 10.0. The van der Waals surface area contributed by atoms with Crippen molar-refractivity contribution in [2.45, 2.75) is 23.5 Å². The summed E-state index contributed by atoms with van der Waals surface area (Å²) in [5.74, 6) is -1.17. The van der Waals surface area contributed by atoms with Crippen LogP contribution in [0.3, 0.4) is 0 Å². The van der Waals surface area contributed by atoms with Crippen LogP contribution in [0.2, 0.25) is 0 Å². The molecule has 1 aromatic rings. The fraction of sp³-hybridized carbons (Fsp3) is 0.375. The van der Waals surface area contributed by atoms with Crippen LogP contribution < -0.4 is 0 Å². The van der Waals surface area contributed by atoms with Crippen molar-refractivity contribution in [1.29, 1.82) is 0 Å². The summed E-state index contributed by atoms with van der Waals surface area (Å²) in [7, 11) is 0. The molecule has 0 amide bonds. The highest BCUT2D eigenvalue weighted by Crippen LogP contribution is 2.30. The minimum atomic E-state index is -0.772. The van der Waals surface area contributed by atoms with Gasteiger partial charge in [0, 0.05) is 0 Å². The fourth-order valence-electron chi connectivity index (χ4n) is 1.10. The van der Waals surface area contributed by atoms with Gasteiger partial charge < -0.3 is 5.11 Å². The van der Waals surface area contributed by atoms with E-state index in [1.54, 1.807) is 0 Å². The first-order chi connectivity index (χ1) is 5.66. The van der Waals surface area contributed by atoms with Crippen LogP contribution in [0, 0.1) is 0 Å². The summed E-state index contributed by atoms with van der Waals surface area (Å²) < 4.78 is 0.809. The third kappa shape index (κ3) is 1.81. The summed E-state index contributed by atoms with van der Waals surface area (Å²) >= 11 is 5.66. The minimum absolute atomic E-state index is 0.399. The van der Waals surface area contributed by atoms with E-state index in [2.05, 4.69) is 12.6 Å². The fourth-order valence-corrected chi connectivity index (χ4v) is 2.21. The van der Waals surface area contributed by atoms with Gasteiger partial charge >= 0.3 is 5.97 Å². The Bertz CT molecular complexity index is 280. The van der Waals surface area contributed by atoms with Gasteiger partial charge in [0.1, 0.15) is 0 Å². The van der Waals surface area contributed by atoms with E-state index >= 15 is 0 Å². The van der Waals surface area contributed by atoms with Gasteiger partial charge in [0.25, 0.3) is 0 Å². The first-order valence-corrected chi connectivity index (χ1v) is 4.98. The summed E-state index contributed by atoms with van der Waals surface area (Å²) in [6.45, 7) is 1.86. The van der Waals surface area contributed by atoms with Gasteiger partial charge in [0.2, 0.25) is 0 Å². The van der Waals surface area contributed by atoms with E-state index in [9.17, 15) is 4.79 Å². The average molecular weight is 202 g/mol. The molecule has 0 aromatic carbocycles. The topological polar surface area (TPSA) is 37.3 Å². The second-order valence-electron chi connectivity index (χ2n) is 2.48. The predicted octanol–water partition coefficient (Wildman–Crippen LogP) is 2.62. The Labute approximate surface area is 80.6 Å². The molecule has 1 unspecified atom stereocenters. The van der Waals surface area contributed by atoms with Gasteiger partial charge in [-0.15, -0.1) is 24.0 Å². The molecule has 1 heterocycles. The van der Waals surface area contributed by atoms with Crippen LogP contribution in [0.25, 0.3) is 0 Å². The van der Waals surface area contributed by atoms with Crippen LogP contribution in [0.1, 0.15) is 24.8 Å². The maximum Gasteiger partial charge on any atom is 0.311 e. The van der Waals surface area contributed by atoms with Crippen LogP contribution in [0.4, 0.5) is 0 Å². The molecular formula is C8H10O2S2. The molecule has 1 aromatic heterocycles. The largest absolute Gasteiger partial charge is 0.481 e. The summed E-state index contributed by atoms with van der Waals surface area (Å²) in [5, 5.41) is 10.7. The summed E-state index contributed by atoms with van der Waals surface area (Å²) in [6.07, 6.45) is 0.611. The number of carbonyl (C=O) groups is 1. The molecule has 66 valence electrons. The molecular weight excluding hydrogens is 192 g/mol. The zero-order chi connectivity index (χ0) is 9.14. The zero-order valence-corrected chi connectivity index (χ0v) is 8.36. The van der Waals surface area contributed by atoms with E-state index in [-0.39, 0.29) is 0 Å². The van der Waals surface area contributed by atoms with Crippen molar-refractivity contribution >= 4 is 29.9 Å². The molecule has 0 aliphatic heterocycles. The summed E-state index contributed by atoms with van der Waals surface area (Å²) in [4.78, 5) is 10.8. The van der Waals surface area contributed by atoms with Gasteiger partial charge in [0.15, 0.2) is 0 Å². The van der Waals surface area contributed by atoms with Crippen molar-refractivity contribution in [3.8, 4) is 0 Å². The smallest absolute Gasteiger partial charge is 0.311 e. The quantitative estimate of drug-likeness (QED) is 0.739. The van der Waals surface area contributed by atoms with E-state index in [0.29, 0.717) is 6.42 Å². The standard InChI is InChI=1S/C8H10O2S2/c1-2-5(7(9)10)6-3-4-12-8(6)11/h3-5,11H,2H2,1H3,(H,9,10). The number of hydrogen-bond donors (Lipinski definition) is 2. The molecule has 4 heteroatoms. The Morgan fingerprint density at radius 3 is 2.83 bits per heavy atom. The van der Waals surface area contributed by atoms with E-state index in [0.717, 1.165) is 9.77 Å². The van der Waals surface area contributed by atoms with Crippen molar-refractivity contribution in [2.75, 3.05) is 0 Å². The Morgan fingerprint density at radius 2 is 2.50 bits per heavy atom. The van der Waals surface area contributed by atoms with Gasteiger partial charge in [-0.3, -0.25) is 4.79 Å². The van der Waals surface area contributed by atoms with Gasteiger partial charge in [-0.25, -0.2) is 0 Å². The average Bonchev–Trinajstić information content (AvgIpc) is 2.38. The van der Waals surface area contributed by atoms with Gasteiger partial charge in [-0.1, -0.05) is 6.92 Å². The van der Waals surface area contributed by atoms with Crippen molar-refractivity contribution in [2.24, 2.45) is 0 Å². The second-order valence-corrected chi connectivity index (χ2v) is 4.15. The molecule has 0 aliphatic rings. The number of rotatable bonds is 3. The van der Waals surface area contributed by atoms with E-state index in [4.69, 9.17) is 5.11 Å². The Balaban J connectivity index is 2.94. The molecule has 0 radical (unpaired) electrons. The normalized spacial score (nSPS) is 12.8. The summed E-state index contributed by atoms with van der Waals surface area (Å²) in [5.41, 5.74) is 0.832. The van der Waals surface area contributed by atoms with Crippen LogP contribution in [0.5, 0.6) is 0 Å². The Hall–Kier alpha value is -0.480. The molecule has 0 aliphatic carbocycles. The number of carboxylic acid groups (broad SMARTS) is 1. The molecule has 12 heavy (non-hydrogen) atoms. The molecule has 2 nitrogen and oxygen atoms in total. The minimum Gasteiger partial charge on any atom is -0.481 e. The Morgan fingerprint density at radius 1 is 1.83 bits per heavy atom. The number of thiophene rings is 1. The van der Waals surface area contributed by atoms with Gasteiger partial charge in [-0.05, 0) is 23.4 Å². The molecule has 1 atom stereocenters. The number of carboxylic acids is 1. The van der Waals surface area contributed by atoms with E-state index in [1.165, 1.54) is 11.3 Å². The maximum atomic E-state index is 10.8. The van der Waals surface area contributed by atoms with Crippen molar-refractivity contribution in [3.63, 3.8) is 0 Å². The second kappa shape index (κ2) is 3.96. The molecule has 0 saturated carbocycles. The van der Waals surface area contributed by atoms with Crippen molar-refractivity contribution < 1.29 is 9.90 Å².